The lowest BCUT2D eigenvalue weighted by Gasteiger charge is -2.28. The van der Waals surface area contributed by atoms with Crippen LogP contribution in [0.5, 0.6) is 0 Å². The highest BCUT2D eigenvalue weighted by Gasteiger charge is 2.35. The van der Waals surface area contributed by atoms with Gasteiger partial charge in [0, 0.05) is 38.9 Å². The van der Waals surface area contributed by atoms with E-state index in [9.17, 15) is 0 Å². The van der Waals surface area contributed by atoms with E-state index >= 15 is 0 Å². The fourth-order valence-electron chi connectivity index (χ4n) is 10.3. The molecular formula is C61H44N2. The van der Waals surface area contributed by atoms with E-state index in [2.05, 4.69) is 254 Å². The van der Waals surface area contributed by atoms with E-state index in [0.29, 0.717) is 0 Å². The second-order valence-electron chi connectivity index (χ2n) is 17.3. The summed E-state index contributed by atoms with van der Waals surface area (Å²) in [5.74, 6) is 0. The van der Waals surface area contributed by atoms with Gasteiger partial charge in [-0.1, -0.05) is 184 Å². The van der Waals surface area contributed by atoms with E-state index in [1.54, 1.807) is 0 Å². The Kier molecular flexibility index (Phi) is 8.55. The van der Waals surface area contributed by atoms with Crippen LogP contribution in [0.4, 0.5) is 17.1 Å². The highest BCUT2D eigenvalue weighted by molar-refractivity contribution is 6.09. The van der Waals surface area contributed by atoms with Crippen molar-refractivity contribution in [1.82, 2.24) is 4.57 Å². The van der Waals surface area contributed by atoms with Crippen molar-refractivity contribution < 1.29 is 0 Å². The molecule has 2 heteroatoms. The molecule has 1 aromatic heterocycles. The van der Waals surface area contributed by atoms with Crippen molar-refractivity contribution in [3.8, 4) is 50.2 Å². The minimum absolute atomic E-state index is 0.118. The van der Waals surface area contributed by atoms with Gasteiger partial charge in [-0.3, -0.25) is 0 Å². The predicted molar refractivity (Wildman–Crippen MR) is 267 cm³/mol. The average molecular weight is 805 g/mol. The van der Waals surface area contributed by atoms with Crippen LogP contribution in [0.3, 0.4) is 0 Å². The SMILES string of the molecule is CC1(C)c2ccccc2-c2ccc(N(c3ccc(-c4cccc(-n5c6ccccc6c6ccccc65)c4)cc3)c3ccc(-c4cccc5cccc(-c6ccccc6)c45)cc3)cc21. The molecule has 0 atom stereocenters. The molecular weight excluding hydrogens is 761 g/mol. The molecule has 0 saturated carbocycles. The quantitative estimate of drug-likeness (QED) is 0.156. The monoisotopic (exact) mass is 804 g/mol. The van der Waals surface area contributed by atoms with Crippen LogP contribution in [0, 0.1) is 0 Å². The van der Waals surface area contributed by atoms with Crippen molar-refractivity contribution in [1.29, 1.82) is 0 Å². The summed E-state index contributed by atoms with van der Waals surface area (Å²) >= 11 is 0. The average Bonchev–Trinajstić information content (AvgIpc) is 3.80. The molecule has 0 amide bonds. The molecule has 0 radical (unpaired) electrons. The van der Waals surface area contributed by atoms with Gasteiger partial charge in [-0.25, -0.2) is 0 Å². The Labute approximate surface area is 368 Å². The lowest BCUT2D eigenvalue weighted by Crippen LogP contribution is -2.16. The molecule has 0 spiro atoms. The Morgan fingerprint density at radius 2 is 0.857 bits per heavy atom. The summed E-state index contributed by atoms with van der Waals surface area (Å²) in [5, 5.41) is 5.05. The maximum absolute atomic E-state index is 2.42. The van der Waals surface area contributed by atoms with Gasteiger partial charge in [-0.2, -0.15) is 0 Å². The Morgan fingerprint density at radius 3 is 1.54 bits per heavy atom. The summed E-state index contributed by atoms with van der Waals surface area (Å²) in [7, 11) is 0. The topological polar surface area (TPSA) is 8.17 Å². The summed E-state index contributed by atoms with van der Waals surface area (Å²) in [6.45, 7) is 4.72. The van der Waals surface area contributed by atoms with Crippen LogP contribution in [-0.4, -0.2) is 4.57 Å². The molecule has 1 aliphatic rings. The van der Waals surface area contributed by atoms with Crippen LogP contribution < -0.4 is 4.90 Å². The molecule has 0 aliphatic heterocycles. The second kappa shape index (κ2) is 14.6. The first kappa shape index (κ1) is 36.9. The van der Waals surface area contributed by atoms with Gasteiger partial charge in [0.1, 0.15) is 0 Å². The number of benzene rings is 10. The minimum Gasteiger partial charge on any atom is -0.310 e. The Bertz CT molecular complexity index is 3460. The zero-order valence-electron chi connectivity index (χ0n) is 35.3. The van der Waals surface area contributed by atoms with Crippen LogP contribution in [-0.2, 0) is 5.41 Å². The van der Waals surface area contributed by atoms with Crippen LogP contribution >= 0.6 is 0 Å². The number of fused-ring (bicyclic) bond motifs is 7. The van der Waals surface area contributed by atoms with Crippen LogP contribution in [0.15, 0.2) is 231 Å². The summed E-state index contributed by atoms with van der Waals surface area (Å²) in [6, 6.07) is 84.6. The molecule has 0 unspecified atom stereocenters. The highest BCUT2D eigenvalue weighted by atomic mass is 15.1. The van der Waals surface area contributed by atoms with Crippen LogP contribution in [0.25, 0.3) is 82.8 Å². The fraction of sp³-hybridized carbons (Fsp3) is 0.0492. The largest absolute Gasteiger partial charge is 0.310 e. The van der Waals surface area contributed by atoms with Gasteiger partial charge in [0.15, 0.2) is 0 Å². The van der Waals surface area contributed by atoms with E-state index < -0.39 is 0 Å². The second-order valence-corrected chi connectivity index (χ2v) is 17.3. The van der Waals surface area contributed by atoms with Gasteiger partial charge < -0.3 is 9.47 Å². The first-order valence-corrected chi connectivity index (χ1v) is 21.9. The summed E-state index contributed by atoms with van der Waals surface area (Å²) in [5.41, 5.74) is 19.4. The molecule has 0 saturated heterocycles. The van der Waals surface area contributed by atoms with E-state index in [4.69, 9.17) is 0 Å². The fourth-order valence-corrected chi connectivity index (χ4v) is 10.3. The van der Waals surface area contributed by atoms with E-state index in [1.807, 2.05) is 0 Å². The Hall–Kier alpha value is -7.94. The number of rotatable bonds is 7. The summed E-state index contributed by atoms with van der Waals surface area (Å²) in [4.78, 5) is 2.42. The first-order chi connectivity index (χ1) is 31.0. The normalized spacial score (nSPS) is 12.7. The molecule has 11 aromatic rings. The molecule has 0 fully saturated rings. The zero-order chi connectivity index (χ0) is 42.1. The van der Waals surface area contributed by atoms with Gasteiger partial charge in [-0.05, 0) is 127 Å². The maximum atomic E-state index is 2.42. The molecule has 0 N–H and O–H groups in total. The number of hydrogen-bond acceptors (Lipinski definition) is 1. The molecule has 298 valence electrons. The molecule has 1 aliphatic carbocycles. The molecule has 1 heterocycles. The highest BCUT2D eigenvalue weighted by Crippen LogP contribution is 2.51. The van der Waals surface area contributed by atoms with E-state index in [0.717, 1.165) is 22.7 Å². The number of hydrogen-bond donors (Lipinski definition) is 0. The van der Waals surface area contributed by atoms with E-state index in [-0.39, 0.29) is 5.41 Å². The zero-order valence-corrected chi connectivity index (χ0v) is 35.3. The minimum atomic E-state index is -0.118. The Morgan fingerprint density at radius 1 is 0.349 bits per heavy atom. The number of para-hydroxylation sites is 2. The van der Waals surface area contributed by atoms with Crippen molar-refractivity contribution in [3.05, 3.63) is 242 Å². The van der Waals surface area contributed by atoms with Crippen molar-refractivity contribution in [2.45, 2.75) is 19.3 Å². The predicted octanol–water partition coefficient (Wildman–Crippen LogP) is 16.7. The third-order valence-electron chi connectivity index (χ3n) is 13.4. The van der Waals surface area contributed by atoms with Crippen LogP contribution in [0.1, 0.15) is 25.0 Å². The number of nitrogens with zero attached hydrogens (tertiary/aromatic N) is 2. The molecule has 63 heavy (non-hydrogen) atoms. The van der Waals surface area contributed by atoms with Crippen molar-refractivity contribution >= 4 is 49.6 Å². The Balaban J connectivity index is 0.960. The molecule has 12 rings (SSSR count). The molecule has 2 nitrogen and oxygen atoms in total. The standard InChI is InChI=1S/C61H44N2/c1-61(2)56-26-9-6-21-52(56)53-38-37-49(40-57(53)61)62(47-35-31-43(32-36-47)51-25-14-18-44-17-13-24-50(60(44)51)42-15-4-3-5-16-42)46-33-29-41(30-34-46)45-19-12-20-48(39-45)63-58-27-10-7-22-54(58)55-23-8-11-28-59(55)63/h3-40H,1-2H3. The number of anilines is 3. The smallest absolute Gasteiger partial charge is 0.0541 e. The number of aromatic nitrogens is 1. The maximum Gasteiger partial charge on any atom is 0.0541 e. The van der Waals surface area contributed by atoms with Crippen molar-refractivity contribution in [3.63, 3.8) is 0 Å². The van der Waals surface area contributed by atoms with Crippen molar-refractivity contribution in [2.75, 3.05) is 4.90 Å². The van der Waals surface area contributed by atoms with Gasteiger partial charge in [-0.15, -0.1) is 0 Å². The summed E-state index contributed by atoms with van der Waals surface area (Å²) in [6.07, 6.45) is 0. The van der Waals surface area contributed by atoms with Gasteiger partial charge in [0.25, 0.3) is 0 Å². The molecule has 10 aromatic carbocycles. The van der Waals surface area contributed by atoms with E-state index in [1.165, 1.54) is 88.2 Å². The first-order valence-electron chi connectivity index (χ1n) is 21.9. The lowest BCUT2D eigenvalue weighted by molar-refractivity contribution is 0.660. The third-order valence-corrected chi connectivity index (χ3v) is 13.4. The van der Waals surface area contributed by atoms with Gasteiger partial charge in [0.2, 0.25) is 0 Å². The third kappa shape index (κ3) is 6.02. The van der Waals surface area contributed by atoms with Gasteiger partial charge in [0.05, 0.1) is 11.0 Å². The van der Waals surface area contributed by atoms with Crippen molar-refractivity contribution in [2.24, 2.45) is 0 Å². The summed E-state index contributed by atoms with van der Waals surface area (Å²) < 4.78 is 2.39. The lowest BCUT2D eigenvalue weighted by atomic mass is 9.82. The van der Waals surface area contributed by atoms with Gasteiger partial charge >= 0.3 is 0 Å². The molecule has 0 bridgehead atoms. The van der Waals surface area contributed by atoms with Crippen LogP contribution in [0.2, 0.25) is 0 Å².